The van der Waals surface area contributed by atoms with E-state index in [-0.39, 0.29) is 0 Å². The molecule has 0 unspecified atom stereocenters. The molecule has 0 aromatic heterocycles. The number of fused-ring (bicyclic) bond motifs is 2. The second-order valence-corrected chi connectivity index (χ2v) is 6.86. The highest BCUT2D eigenvalue weighted by Gasteiger charge is 2.39. The lowest BCUT2D eigenvalue weighted by molar-refractivity contribution is 0.160. The van der Waals surface area contributed by atoms with Crippen LogP contribution in [0.4, 0.5) is 5.69 Å². The van der Waals surface area contributed by atoms with Gasteiger partial charge in [-0.1, -0.05) is 41.9 Å². The Morgan fingerprint density at radius 3 is 2.14 bits per heavy atom. The molecule has 0 N–H and O–H groups in total. The Bertz CT molecular complexity index is 612. The van der Waals surface area contributed by atoms with Gasteiger partial charge in [-0.15, -0.1) is 0 Å². The van der Waals surface area contributed by atoms with Gasteiger partial charge in [0.1, 0.15) is 0 Å². The second-order valence-electron chi connectivity index (χ2n) is 6.42. The zero-order chi connectivity index (χ0) is 14.9. The van der Waals surface area contributed by atoms with Crippen LogP contribution in [-0.2, 0) is 6.54 Å². The lowest BCUT2D eigenvalue weighted by atomic mass is 10.1. The van der Waals surface area contributed by atoms with Crippen LogP contribution >= 0.6 is 11.6 Å². The minimum Gasteiger partial charge on any atom is -0.368 e. The standard InChI is InChI=1S/C19H21ClN2/c20-16-6-8-17(9-7-16)21-13-18-10-11-19(14-21)22(18)12-15-4-2-1-3-5-15/h1-9,18-19H,10-14H2/t18-,19+. The maximum absolute atomic E-state index is 6.01. The Morgan fingerprint density at radius 1 is 0.864 bits per heavy atom. The molecule has 0 amide bonds. The van der Waals surface area contributed by atoms with Gasteiger partial charge in [0.25, 0.3) is 0 Å². The highest BCUT2D eigenvalue weighted by atomic mass is 35.5. The first-order valence-electron chi connectivity index (χ1n) is 8.10. The average Bonchev–Trinajstić information content (AvgIpc) is 2.79. The molecule has 2 atom stereocenters. The molecule has 4 rings (SSSR count). The normalized spacial score (nSPS) is 24.7. The third kappa shape index (κ3) is 2.73. The molecule has 2 aromatic carbocycles. The minimum atomic E-state index is 0.676. The van der Waals surface area contributed by atoms with E-state index in [4.69, 9.17) is 11.6 Å². The van der Waals surface area contributed by atoms with Crippen molar-refractivity contribution in [2.45, 2.75) is 31.5 Å². The number of hydrogen-bond donors (Lipinski definition) is 0. The highest BCUT2D eigenvalue weighted by Crippen LogP contribution is 2.34. The molecule has 0 spiro atoms. The number of nitrogens with zero attached hydrogens (tertiary/aromatic N) is 2. The summed E-state index contributed by atoms with van der Waals surface area (Å²) in [6.45, 7) is 3.35. The summed E-state index contributed by atoms with van der Waals surface area (Å²) in [5.41, 5.74) is 2.74. The zero-order valence-corrected chi connectivity index (χ0v) is 13.4. The van der Waals surface area contributed by atoms with Crippen LogP contribution in [0.5, 0.6) is 0 Å². The van der Waals surface area contributed by atoms with E-state index in [0.717, 1.165) is 24.7 Å². The monoisotopic (exact) mass is 312 g/mol. The van der Waals surface area contributed by atoms with E-state index in [1.807, 2.05) is 12.1 Å². The number of anilines is 1. The van der Waals surface area contributed by atoms with Gasteiger partial charge >= 0.3 is 0 Å². The fourth-order valence-corrected chi connectivity index (χ4v) is 4.03. The summed E-state index contributed by atoms with van der Waals surface area (Å²) in [5.74, 6) is 0. The maximum atomic E-state index is 6.01. The molecular formula is C19H21ClN2. The molecule has 2 bridgehead atoms. The zero-order valence-electron chi connectivity index (χ0n) is 12.7. The van der Waals surface area contributed by atoms with Crippen molar-refractivity contribution in [3.8, 4) is 0 Å². The van der Waals surface area contributed by atoms with Crippen LogP contribution in [0.1, 0.15) is 18.4 Å². The van der Waals surface area contributed by atoms with Crippen molar-refractivity contribution in [3.63, 3.8) is 0 Å². The first-order valence-corrected chi connectivity index (χ1v) is 8.47. The highest BCUT2D eigenvalue weighted by molar-refractivity contribution is 6.30. The van der Waals surface area contributed by atoms with E-state index in [9.17, 15) is 0 Å². The summed E-state index contributed by atoms with van der Waals surface area (Å²) >= 11 is 6.01. The number of benzene rings is 2. The van der Waals surface area contributed by atoms with Crippen molar-refractivity contribution in [1.29, 1.82) is 0 Å². The van der Waals surface area contributed by atoms with Crippen molar-refractivity contribution in [2.24, 2.45) is 0 Å². The Hall–Kier alpha value is -1.51. The van der Waals surface area contributed by atoms with Gasteiger partial charge < -0.3 is 4.90 Å². The Balaban J connectivity index is 1.48. The van der Waals surface area contributed by atoms with Gasteiger partial charge in [0.2, 0.25) is 0 Å². The van der Waals surface area contributed by atoms with Gasteiger partial charge in [-0.3, -0.25) is 4.90 Å². The second kappa shape index (κ2) is 5.94. The van der Waals surface area contributed by atoms with E-state index in [2.05, 4.69) is 52.3 Å². The first-order chi connectivity index (χ1) is 10.8. The number of piperazine rings is 1. The van der Waals surface area contributed by atoms with E-state index < -0.39 is 0 Å². The summed E-state index contributed by atoms with van der Waals surface area (Å²) in [6.07, 6.45) is 2.64. The van der Waals surface area contributed by atoms with Gasteiger partial charge in [-0.25, -0.2) is 0 Å². The number of hydrogen-bond acceptors (Lipinski definition) is 2. The third-order valence-electron chi connectivity index (χ3n) is 5.03. The number of halogens is 1. The smallest absolute Gasteiger partial charge is 0.0407 e. The van der Waals surface area contributed by atoms with Gasteiger partial charge in [0, 0.05) is 42.4 Å². The van der Waals surface area contributed by atoms with Crippen molar-refractivity contribution < 1.29 is 0 Å². The molecule has 0 aliphatic carbocycles. The van der Waals surface area contributed by atoms with E-state index >= 15 is 0 Å². The lowest BCUT2D eigenvalue weighted by Gasteiger charge is -2.42. The van der Waals surface area contributed by atoms with Crippen LogP contribution in [0, 0.1) is 0 Å². The van der Waals surface area contributed by atoms with Crippen LogP contribution in [0.25, 0.3) is 0 Å². The van der Waals surface area contributed by atoms with Crippen LogP contribution in [0.3, 0.4) is 0 Å². The third-order valence-corrected chi connectivity index (χ3v) is 5.29. The van der Waals surface area contributed by atoms with Crippen LogP contribution in [-0.4, -0.2) is 30.1 Å². The van der Waals surface area contributed by atoms with Crippen molar-refractivity contribution in [1.82, 2.24) is 4.90 Å². The molecule has 2 aliphatic heterocycles. The summed E-state index contributed by atoms with van der Waals surface area (Å²) in [6, 6.07) is 20.5. The summed E-state index contributed by atoms with van der Waals surface area (Å²) in [4.78, 5) is 5.24. The van der Waals surface area contributed by atoms with Gasteiger partial charge in [-0.2, -0.15) is 0 Å². The van der Waals surface area contributed by atoms with Crippen LogP contribution < -0.4 is 4.90 Å². The van der Waals surface area contributed by atoms with E-state index in [0.29, 0.717) is 12.1 Å². The van der Waals surface area contributed by atoms with Crippen molar-refractivity contribution >= 4 is 17.3 Å². The first kappa shape index (κ1) is 14.1. The Morgan fingerprint density at radius 2 is 1.50 bits per heavy atom. The SMILES string of the molecule is Clc1ccc(N2C[C@H]3CC[C@@H](C2)N3Cc2ccccc2)cc1. The predicted octanol–water partition coefficient (Wildman–Crippen LogP) is 4.19. The lowest BCUT2D eigenvalue weighted by Crippen LogP contribution is -2.53. The molecule has 0 saturated carbocycles. The molecule has 3 heteroatoms. The molecule has 2 heterocycles. The largest absolute Gasteiger partial charge is 0.368 e. The van der Waals surface area contributed by atoms with Crippen molar-refractivity contribution in [3.05, 3.63) is 65.2 Å². The van der Waals surface area contributed by atoms with Crippen LogP contribution in [0.2, 0.25) is 5.02 Å². The Kier molecular flexibility index (Phi) is 3.81. The molecule has 2 nitrogen and oxygen atoms in total. The van der Waals surface area contributed by atoms with Gasteiger partial charge in [0.15, 0.2) is 0 Å². The van der Waals surface area contributed by atoms with Crippen LogP contribution in [0.15, 0.2) is 54.6 Å². The van der Waals surface area contributed by atoms with Gasteiger partial charge in [0.05, 0.1) is 0 Å². The summed E-state index contributed by atoms with van der Waals surface area (Å²) < 4.78 is 0. The minimum absolute atomic E-state index is 0.676. The maximum Gasteiger partial charge on any atom is 0.0407 e. The molecular weight excluding hydrogens is 292 g/mol. The summed E-state index contributed by atoms with van der Waals surface area (Å²) in [5, 5.41) is 0.814. The molecule has 2 aliphatic rings. The molecule has 114 valence electrons. The van der Waals surface area contributed by atoms with E-state index in [1.165, 1.54) is 24.1 Å². The fourth-order valence-electron chi connectivity index (χ4n) is 3.91. The van der Waals surface area contributed by atoms with E-state index in [1.54, 1.807) is 0 Å². The summed E-state index contributed by atoms with van der Waals surface area (Å²) in [7, 11) is 0. The topological polar surface area (TPSA) is 6.48 Å². The fraction of sp³-hybridized carbons (Fsp3) is 0.368. The predicted molar refractivity (Wildman–Crippen MR) is 92.5 cm³/mol. The number of rotatable bonds is 3. The molecule has 2 aromatic rings. The van der Waals surface area contributed by atoms with Gasteiger partial charge in [-0.05, 0) is 42.7 Å². The Labute approximate surface area is 137 Å². The van der Waals surface area contributed by atoms with Crippen molar-refractivity contribution in [2.75, 3.05) is 18.0 Å². The molecule has 0 radical (unpaired) electrons. The quantitative estimate of drug-likeness (QED) is 0.838. The molecule has 2 saturated heterocycles. The average molecular weight is 313 g/mol. The molecule has 22 heavy (non-hydrogen) atoms. The molecule has 2 fully saturated rings.